The standard InChI is InChI=1S/C8H5N3O2Se/c12-11(13)7-3-1-6(2-4-7)8-5-14-10-9-8/h1-5H. The zero-order valence-electron chi connectivity index (χ0n) is 6.95. The Balaban J connectivity index is 2.36. The first-order valence-corrected chi connectivity index (χ1v) is 5.55. The monoisotopic (exact) mass is 255 g/mol. The second kappa shape index (κ2) is 3.69. The van der Waals surface area contributed by atoms with Gasteiger partial charge in [0.1, 0.15) is 0 Å². The summed E-state index contributed by atoms with van der Waals surface area (Å²) in [5, 5.41) is 14.3. The molecule has 5 nitrogen and oxygen atoms in total. The third-order valence-electron chi connectivity index (χ3n) is 1.73. The summed E-state index contributed by atoms with van der Waals surface area (Å²) in [4.78, 5) is 11.9. The number of nitro benzene ring substituents is 1. The van der Waals surface area contributed by atoms with Gasteiger partial charge >= 0.3 is 85.1 Å². The van der Waals surface area contributed by atoms with Gasteiger partial charge in [0, 0.05) is 0 Å². The number of benzene rings is 1. The van der Waals surface area contributed by atoms with E-state index in [0.717, 1.165) is 11.3 Å². The molecular formula is C8H5N3O2Se. The van der Waals surface area contributed by atoms with E-state index in [1.165, 1.54) is 12.1 Å². The molecule has 70 valence electrons. The Labute approximate surface area is 85.5 Å². The fourth-order valence-corrected chi connectivity index (χ4v) is 2.02. The molecule has 0 fully saturated rings. The molecule has 0 aliphatic carbocycles. The van der Waals surface area contributed by atoms with Crippen molar-refractivity contribution in [2.75, 3.05) is 0 Å². The van der Waals surface area contributed by atoms with Crippen LogP contribution in [0.4, 0.5) is 5.69 Å². The van der Waals surface area contributed by atoms with Gasteiger partial charge in [-0.3, -0.25) is 0 Å². The van der Waals surface area contributed by atoms with Crippen molar-refractivity contribution in [3.05, 3.63) is 39.3 Å². The average Bonchev–Trinajstić information content (AvgIpc) is 2.71. The maximum atomic E-state index is 10.4. The summed E-state index contributed by atoms with van der Waals surface area (Å²) < 4.78 is 3.86. The molecule has 1 heterocycles. The fraction of sp³-hybridized carbons (Fsp3) is 0. The van der Waals surface area contributed by atoms with Gasteiger partial charge in [-0.05, 0) is 0 Å². The van der Waals surface area contributed by atoms with Crippen LogP contribution in [0.3, 0.4) is 0 Å². The van der Waals surface area contributed by atoms with Crippen LogP contribution in [0.1, 0.15) is 0 Å². The van der Waals surface area contributed by atoms with Gasteiger partial charge < -0.3 is 0 Å². The summed E-state index contributed by atoms with van der Waals surface area (Å²) in [6, 6.07) is 6.31. The van der Waals surface area contributed by atoms with E-state index in [1.807, 2.05) is 4.94 Å². The molecule has 0 saturated heterocycles. The number of aromatic nitrogens is 2. The van der Waals surface area contributed by atoms with Crippen molar-refractivity contribution in [3.8, 4) is 11.3 Å². The number of nitrogens with zero attached hydrogens (tertiary/aromatic N) is 3. The number of non-ortho nitro benzene ring substituents is 1. The quantitative estimate of drug-likeness (QED) is 0.457. The third kappa shape index (κ3) is 1.71. The van der Waals surface area contributed by atoms with Crippen molar-refractivity contribution in [1.29, 1.82) is 0 Å². The second-order valence-electron chi connectivity index (χ2n) is 2.59. The van der Waals surface area contributed by atoms with Crippen molar-refractivity contribution in [2.24, 2.45) is 0 Å². The van der Waals surface area contributed by atoms with Crippen LogP contribution in [0.5, 0.6) is 0 Å². The number of hydrogen-bond donors (Lipinski definition) is 0. The Morgan fingerprint density at radius 1 is 1.29 bits per heavy atom. The van der Waals surface area contributed by atoms with E-state index in [0.29, 0.717) is 0 Å². The van der Waals surface area contributed by atoms with Crippen LogP contribution in [0.15, 0.2) is 29.2 Å². The molecule has 0 saturated carbocycles. The average molecular weight is 254 g/mol. The van der Waals surface area contributed by atoms with Crippen LogP contribution >= 0.6 is 0 Å². The summed E-state index contributed by atoms with van der Waals surface area (Å²) in [5.74, 6) is 0. The molecular weight excluding hydrogens is 249 g/mol. The second-order valence-corrected chi connectivity index (χ2v) is 3.87. The SMILES string of the molecule is O=[N+]([O-])c1ccc(-c2c[se]nn2)cc1. The van der Waals surface area contributed by atoms with E-state index in [-0.39, 0.29) is 20.4 Å². The fourth-order valence-electron chi connectivity index (χ4n) is 1.04. The molecule has 0 spiro atoms. The van der Waals surface area contributed by atoms with Gasteiger partial charge in [-0.2, -0.15) is 0 Å². The van der Waals surface area contributed by atoms with Gasteiger partial charge in [-0.25, -0.2) is 0 Å². The van der Waals surface area contributed by atoms with Gasteiger partial charge in [0.15, 0.2) is 0 Å². The van der Waals surface area contributed by atoms with E-state index in [1.54, 1.807) is 12.1 Å². The summed E-state index contributed by atoms with van der Waals surface area (Å²) in [6.07, 6.45) is 0. The minimum absolute atomic E-state index is 0.0924. The Morgan fingerprint density at radius 2 is 2.00 bits per heavy atom. The van der Waals surface area contributed by atoms with E-state index >= 15 is 0 Å². The molecule has 0 amide bonds. The normalized spacial score (nSPS) is 10.0. The molecule has 0 radical (unpaired) electrons. The molecule has 0 aliphatic heterocycles. The van der Waals surface area contributed by atoms with Crippen LogP contribution < -0.4 is 0 Å². The van der Waals surface area contributed by atoms with Gasteiger partial charge in [0.05, 0.1) is 0 Å². The minimum atomic E-state index is -0.418. The summed E-state index contributed by atoms with van der Waals surface area (Å²) in [5.41, 5.74) is 1.77. The Kier molecular flexibility index (Phi) is 2.39. The van der Waals surface area contributed by atoms with Crippen molar-refractivity contribution in [3.63, 3.8) is 0 Å². The molecule has 0 N–H and O–H groups in total. The van der Waals surface area contributed by atoms with Crippen LogP contribution in [0.25, 0.3) is 11.3 Å². The number of hydrogen-bond acceptors (Lipinski definition) is 4. The van der Waals surface area contributed by atoms with Gasteiger partial charge in [0.25, 0.3) is 0 Å². The summed E-state index contributed by atoms with van der Waals surface area (Å²) in [7, 11) is 0. The number of nitro groups is 1. The third-order valence-corrected chi connectivity index (χ3v) is 2.79. The molecule has 1 aromatic carbocycles. The molecule has 0 unspecified atom stereocenters. The summed E-state index contributed by atoms with van der Waals surface area (Å²) >= 11 is 0.0944. The van der Waals surface area contributed by atoms with Crippen LogP contribution in [0, 0.1) is 10.1 Å². The Bertz CT molecular complexity index is 438. The molecule has 0 atom stereocenters. The van der Waals surface area contributed by atoms with Crippen LogP contribution in [0.2, 0.25) is 0 Å². The van der Waals surface area contributed by atoms with Crippen molar-refractivity contribution < 1.29 is 4.92 Å². The first-order valence-electron chi connectivity index (χ1n) is 3.79. The van der Waals surface area contributed by atoms with Crippen LogP contribution in [-0.2, 0) is 0 Å². The number of rotatable bonds is 2. The topological polar surface area (TPSA) is 68.9 Å². The Hall–Kier alpha value is -1.52. The molecule has 14 heavy (non-hydrogen) atoms. The van der Waals surface area contributed by atoms with Gasteiger partial charge in [-0.15, -0.1) is 0 Å². The zero-order valence-corrected chi connectivity index (χ0v) is 8.67. The van der Waals surface area contributed by atoms with E-state index in [2.05, 4.69) is 9.19 Å². The first kappa shape index (κ1) is 9.05. The van der Waals surface area contributed by atoms with E-state index in [4.69, 9.17) is 0 Å². The molecule has 2 rings (SSSR count). The van der Waals surface area contributed by atoms with Crippen LogP contribution in [-0.4, -0.2) is 28.8 Å². The maximum absolute atomic E-state index is 10.4. The molecule has 6 heteroatoms. The first-order chi connectivity index (χ1) is 6.77. The molecule has 2 aromatic rings. The predicted molar refractivity (Wildman–Crippen MR) is 51.1 cm³/mol. The van der Waals surface area contributed by atoms with Crippen molar-refractivity contribution >= 4 is 20.4 Å². The van der Waals surface area contributed by atoms with Gasteiger partial charge in [-0.1, -0.05) is 0 Å². The summed E-state index contributed by atoms with van der Waals surface area (Å²) in [6.45, 7) is 0. The van der Waals surface area contributed by atoms with Crippen molar-refractivity contribution in [1.82, 2.24) is 9.19 Å². The molecule has 0 bridgehead atoms. The van der Waals surface area contributed by atoms with Crippen molar-refractivity contribution in [2.45, 2.75) is 0 Å². The van der Waals surface area contributed by atoms with E-state index in [9.17, 15) is 10.1 Å². The zero-order chi connectivity index (χ0) is 9.97. The van der Waals surface area contributed by atoms with E-state index < -0.39 is 4.92 Å². The molecule has 0 aliphatic rings. The predicted octanol–water partition coefficient (Wildman–Crippen LogP) is 1.11. The Morgan fingerprint density at radius 3 is 2.50 bits per heavy atom. The molecule has 1 aromatic heterocycles. The van der Waals surface area contributed by atoms with Gasteiger partial charge in [0.2, 0.25) is 0 Å².